The molecule has 0 saturated heterocycles. The minimum atomic E-state index is -0.00391. The number of hydrogen-bond donors (Lipinski definition) is 1. The normalized spacial score (nSPS) is 11.9. The molecular weight excluding hydrogens is 309 g/mol. The first-order valence-electron chi connectivity index (χ1n) is 6.48. The van der Waals surface area contributed by atoms with Gasteiger partial charge in [-0.05, 0) is 36.8 Å². The van der Waals surface area contributed by atoms with E-state index in [0.717, 1.165) is 22.7 Å². The molecule has 0 aromatic heterocycles. The van der Waals surface area contributed by atoms with E-state index in [1.807, 2.05) is 37.3 Å². The Bertz CT molecular complexity index is 632. The Balaban J connectivity index is 2.28. The average molecular weight is 326 g/mol. The second kappa shape index (κ2) is 6.92. The van der Waals surface area contributed by atoms with Gasteiger partial charge in [0.1, 0.15) is 11.5 Å². The summed E-state index contributed by atoms with van der Waals surface area (Å²) in [5.41, 5.74) is 1.81. The summed E-state index contributed by atoms with van der Waals surface area (Å²) in [6.07, 6.45) is 0. The van der Waals surface area contributed by atoms with Crippen molar-refractivity contribution in [2.45, 2.75) is 13.0 Å². The molecule has 1 atom stereocenters. The Kier molecular flexibility index (Phi) is 5.21. The van der Waals surface area contributed by atoms with Crippen LogP contribution in [-0.4, -0.2) is 14.2 Å². The molecule has 0 aliphatic rings. The molecule has 2 aromatic rings. The van der Waals surface area contributed by atoms with Crippen molar-refractivity contribution in [3.8, 4) is 11.5 Å². The van der Waals surface area contributed by atoms with Crippen molar-refractivity contribution in [1.82, 2.24) is 0 Å². The summed E-state index contributed by atoms with van der Waals surface area (Å²) in [6, 6.07) is 11.1. The van der Waals surface area contributed by atoms with Crippen LogP contribution < -0.4 is 14.8 Å². The molecule has 21 heavy (non-hydrogen) atoms. The van der Waals surface area contributed by atoms with Crippen LogP contribution in [0.25, 0.3) is 0 Å². The van der Waals surface area contributed by atoms with Crippen molar-refractivity contribution >= 4 is 28.9 Å². The summed E-state index contributed by atoms with van der Waals surface area (Å²) in [4.78, 5) is 0. The maximum absolute atomic E-state index is 6.24. The zero-order valence-corrected chi connectivity index (χ0v) is 13.6. The Labute approximate surface area is 134 Å². The summed E-state index contributed by atoms with van der Waals surface area (Å²) < 4.78 is 10.6. The van der Waals surface area contributed by atoms with Crippen molar-refractivity contribution in [1.29, 1.82) is 0 Å². The molecule has 0 heterocycles. The first-order chi connectivity index (χ1) is 10.0. The van der Waals surface area contributed by atoms with E-state index in [1.54, 1.807) is 20.3 Å². The van der Waals surface area contributed by atoms with Crippen molar-refractivity contribution in [3.63, 3.8) is 0 Å². The number of ether oxygens (including phenoxy) is 2. The minimum Gasteiger partial charge on any atom is -0.497 e. The van der Waals surface area contributed by atoms with Gasteiger partial charge in [-0.1, -0.05) is 29.3 Å². The third kappa shape index (κ3) is 3.74. The van der Waals surface area contributed by atoms with Crippen LogP contribution in [0.3, 0.4) is 0 Å². The minimum absolute atomic E-state index is 0.00391. The van der Waals surface area contributed by atoms with E-state index < -0.39 is 0 Å². The Morgan fingerprint density at radius 1 is 1.00 bits per heavy atom. The lowest BCUT2D eigenvalue weighted by molar-refractivity contribution is 0.404. The molecule has 0 aliphatic heterocycles. The lowest BCUT2D eigenvalue weighted by atomic mass is 10.1. The Morgan fingerprint density at radius 3 is 2.38 bits per heavy atom. The lowest BCUT2D eigenvalue weighted by Crippen LogP contribution is -2.08. The maximum Gasteiger partial charge on any atom is 0.142 e. The fraction of sp³-hybridized carbons (Fsp3) is 0.250. The molecule has 0 saturated carbocycles. The second-order valence-electron chi connectivity index (χ2n) is 4.60. The zero-order valence-electron chi connectivity index (χ0n) is 12.1. The third-order valence-electron chi connectivity index (χ3n) is 3.21. The monoisotopic (exact) mass is 325 g/mol. The third-order valence-corrected chi connectivity index (χ3v) is 3.77. The number of methoxy groups -OCH3 is 2. The molecule has 1 N–H and O–H groups in total. The molecule has 0 aliphatic carbocycles. The molecule has 0 amide bonds. The van der Waals surface area contributed by atoms with Crippen LogP contribution in [0.1, 0.15) is 18.5 Å². The predicted octanol–water partition coefficient (Wildman–Crippen LogP) is 5.18. The van der Waals surface area contributed by atoms with Crippen molar-refractivity contribution in [2.24, 2.45) is 0 Å². The van der Waals surface area contributed by atoms with Crippen LogP contribution in [0.5, 0.6) is 11.5 Å². The summed E-state index contributed by atoms with van der Waals surface area (Å²) in [5.74, 6) is 1.50. The molecule has 2 rings (SSSR count). The van der Waals surface area contributed by atoms with E-state index in [-0.39, 0.29) is 6.04 Å². The predicted molar refractivity (Wildman–Crippen MR) is 88.0 cm³/mol. The second-order valence-corrected chi connectivity index (χ2v) is 5.44. The Hall–Kier alpha value is -1.58. The van der Waals surface area contributed by atoms with E-state index in [9.17, 15) is 0 Å². The molecule has 0 radical (unpaired) electrons. The van der Waals surface area contributed by atoms with Crippen LogP contribution >= 0.6 is 23.2 Å². The lowest BCUT2D eigenvalue weighted by Gasteiger charge is -2.19. The van der Waals surface area contributed by atoms with Crippen molar-refractivity contribution in [2.75, 3.05) is 19.5 Å². The van der Waals surface area contributed by atoms with Gasteiger partial charge >= 0.3 is 0 Å². The fourth-order valence-electron chi connectivity index (χ4n) is 2.09. The number of rotatable bonds is 5. The summed E-state index contributed by atoms with van der Waals surface area (Å²) in [5, 5.41) is 4.63. The molecular formula is C16H17Cl2NO2. The maximum atomic E-state index is 6.24. The highest BCUT2D eigenvalue weighted by atomic mass is 35.5. The van der Waals surface area contributed by atoms with Gasteiger partial charge in [0.15, 0.2) is 0 Å². The molecule has 0 bridgehead atoms. The molecule has 112 valence electrons. The fourth-order valence-corrected chi connectivity index (χ4v) is 2.66. The summed E-state index contributed by atoms with van der Waals surface area (Å²) >= 11 is 12.2. The van der Waals surface area contributed by atoms with Gasteiger partial charge in [-0.3, -0.25) is 0 Å². The first kappa shape index (κ1) is 15.8. The summed E-state index contributed by atoms with van der Waals surface area (Å²) in [6.45, 7) is 2.02. The van der Waals surface area contributed by atoms with Crippen LogP contribution in [0.15, 0.2) is 36.4 Å². The van der Waals surface area contributed by atoms with Crippen molar-refractivity contribution in [3.05, 3.63) is 52.0 Å². The summed E-state index contributed by atoms with van der Waals surface area (Å²) in [7, 11) is 3.26. The molecule has 3 nitrogen and oxygen atoms in total. The van der Waals surface area contributed by atoms with E-state index in [0.29, 0.717) is 10.0 Å². The quantitative estimate of drug-likeness (QED) is 0.821. The number of nitrogens with one attached hydrogen (secondary N) is 1. The van der Waals surface area contributed by atoms with Gasteiger partial charge < -0.3 is 14.8 Å². The standard InChI is InChI=1S/C16H17Cl2NO2/c1-10(13-6-4-11(17)8-14(13)18)19-15-9-12(20-2)5-7-16(15)21-3/h4-10,19H,1-3H3. The molecule has 1 unspecified atom stereocenters. The van der Waals surface area contributed by atoms with Crippen LogP contribution in [-0.2, 0) is 0 Å². The van der Waals surface area contributed by atoms with E-state index in [2.05, 4.69) is 5.32 Å². The molecule has 0 spiro atoms. The first-order valence-corrected chi connectivity index (χ1v) is 7.24. The van der Waals surface area contributed by atoms with Gasteiger partial charge in [0, 0.05) is 16.1 Å². The van der Waals surface area contributed by atoms with Gasteiger partial charge in [-0.2, -0.15) is 0 Å². The molecule has 0 fully saturated rings. The van der Waals surface area contributed by atoms with Crippen LogP contribution in [0.4, 0.5) is 5.69 Å². The van der Waals surface area contributed by atoms with Gasteiger partial charge in [0.2, 0.25) is 0 Å². The SMILES string of the molecule is COc1ccc(OC)c(NC(C)c2ccc(Cl)cc2Cl)c1. The topological polar surface area (TPSA) is 30.5 Å². The number of benzene rings is 2. The van der Waals surface area contributed by atoms with E-state index in [1.165, 1.54) is 0 Å². The van der Waals surface area contributed by atoms with Gasteiger partial charge in [-0.25, -0.2) is 0 Å². The van der Waals surface area contributed by atoms with Crippen LogP contribution in [0, 0.1) is 0 Å². The average Bonchev–Trinajstić information content (AvgIpc) is 2.46. The Morgan fingerprint density at radius 2 is 1.76 bits per heavy atom. The van der Waals surface area contributed by atoms with Crippen molar-refractivity contribution < 1.29 is 9.47 Å². The van der Waals surface area contributed by atoms with E-state index in [4.69, 9.17) is 32.7 Å². The highest BCUT2D eigenvalue weighted by Crippen LogP contribution is 2.34. The number of hydrogen-bond acceptors (Lipinski definition) is 3. The van der Waals surface area contributed by atoms with E-state index >= 15 is 0 Å². The van der Waals surface area contributed by atoms with Gasteiger partial charge in [0.05, 0.1) is 25.9 Å². The highest BCUT2D eigenvalue weighted by molar-refractivity contribution is 6.35. The van der Waals surface area contributed by atoms with Gasteiger partial charge in [-0.15, -0.1) is 0 Å². The zero-order chi connectivity index (χ0) is 15.4. The highest BCUT2D eigenvalue weighted by Gasteiger charge is 2.13. The largest absolute Gasteiger partial charge is 0.497 e. The van der Waals surface area contributed by atoms with Crippen LogP contribution in [0.2, 0.25) is 10.0 Å². The number of anilines is 1. The smallest absolute Gasteiger partial charge is 0.142 e. The van der Waals surface area contributed by atoms with Gasteiger partial charge in [0.25, 0.3) is 0 Å². The molecule has 5 heteroatoms. The number of halogens is 2. The molecule has 2 aromatic carbocycles.